The van der Waals surface area contributed by atoms with Gasteiger partial charge in [0.1, 0.15) is 5.82 Å². The lowest BCUT2D eigenvalue weighted by atomic mass is 10.1. The summed E-state index contributed by atoms with van der Waals surface area (Å²) in [6, 6.07) is 12.4. The van der Waals surface area contributed by atoms with Gasteiger partial charge < -0.3 is 14.7 Å². The molecular weight excluding hydrogens is 324 g/mol. The Morgan fingerprint density at radius 2 is 1.69 bits per heavy atom. The Morgan fingerprint density at radius 3 is 2.42 bits per heavy atom. The summed E-state index contributed by atoms with van der Waals surface area (Å²) in [4.78, 5) is 24.2. The number of hydrogen-bond acceptors (Lipinski definition) is 4. The molecule has 0 saturated carbocycles. The van der Waals surface area contributed by atoms with Crippen molar-refractivity contribution in [1.82, 2.24) is 9.88 Å². The van der Waals surface area contributed by atoms with Gasteiger partial charge in [0.05, 0.1) is 5.56 Å². The Hall–Kier alpha value is -2.56. The third-order valence-corrected chi connectivity index (χ3v) is 5.36. The highest BCUT2D eigenvalue weighted by Gasteiger charge is 2.26. The molecule has 0 N–H and O–H groups in total. The number of anilines is 2. The predicted molar refractivity (Wildman–Crippen MR) is 105 cm³/mol. The average molecular weight is 350 g/mol. The second kappa shape index (κ2) is 7.36. The van der Waals surface area contributed by atoms with Crippen LogP contribution in [-0.4, -0.2) is 55.1 Å². The monoisotopic (exact) mass is 350 g/mol. The van der Waals surface area contributed by atoms with Crippen LogP contribution in [-0.2, 0) is 0 Å². The van der Waals surface area contributed by atoms with E-state index in [4.69, 9.17) is 0 Å². The number of aryl methyl sites for hydroxylation is 1. The quantitative estimate of drug-likeness (QED) is 0.853. The minimum absolute atomic E-state index is 0.115. The number of amides is 1. The van der Waals surface area contributed by atoms with Crippen LogP contribution in [0.15, 0.2) is 42.6 Å². The van der Waals surface area contributed by atoms with Crippen molar-refractivity contribution in [2.75, 3.05) is 49.1 Å². The molecule has 5 nitrogen and oxygen atoms in total. The number of nitrogens with zero attached hydrogens (tertiary/aromatic N) is 4. The molecule has 136 valence electrons. The summed E-state index contributed by atoms with van der Waals surface area (Å²) in [5.74, 6) is 0.972. The average Bonchev–Trinajstić information content (AvgIpc) is 3.22. The first-order valence-corrected chi connectivity index (χ1v) is 9.53. The van der Waals surface area contributed by atoms with Gasteiger partial charge in [-0.2, -0.15) is 0 Å². The van der Waals surface area contributed by atoms with Crippen molar-refractivity contribution in [3.63, 3.8) is 0 Å². The lowest BCUT2D eigenvalue weighted by Crippen LogP contribution is -2.49. The molecule has 0 bridgehead atoms. The van der Waals surface area contributed by atoms with E-state index in [1.165, 1.54) is 24.1 Å². The van der Waals surface area contributed by atoms with E-state index in [2.05, 4.69) is 46.0 Å². The van der Waals surface area contributed by atoms with Gasteiger partial charge in [0.15, 0.2) is 0 Å². The zero-order valence-electron chi connectivity index (χ0n) is 15.4. The largest absolute Gasteiger partial charge is 0.368 e. The molecule has 2 aliphatic heterocycles. The van der Waals surface area contributed by atoms with Gasteiger partial charge >= 0.3 is 0 Å². The third-order valence-electron chi connectivity index (χ3n) is 5.36. The summed E-state index contributed by atoms with van der Waals surface area (Å²) in [5.41, 5.74) is 3.27. The zero-order valence-corrected chi connectivity index (χ0v) is 15.4. The number of piperazine rings is 1. The molecule has 2 aliphatic rings. The Morgan fingerprint density at radius 1 is 0.923 bits per heavy atom. The van der Waals surface area contributed by atoms with Crippen molar-refractivity contribution < 1.29 is 4.79 Å². The number of aromatic nitrogens is 1. The fourth-order valence-electron chi connectivity index (χ4n) is 3.91. The number of carbonyl (C=O) groups excluding carboxylic acids is 1. The maximum absolute atomic E-state index is 13.1. The highest BCUT2D eigenvalue weighted by molar-refractivity contribution is 5.99. The van der Waals surface area contributed by atoms with Crippen molar-refractivity contribution in [3.05, 3.63) is 53.7 Å². The van der Waals surface area contributed by atoms with E-state index in [0.717, 1.165) is 50.6 Å². The van der Waals surface area contributed by atoms with E-state index >= 15 is 0 Å². The van der Waals surface area contributed by atoms with Crippen LogP contribution in [0.2, 0.25) is 0 Å². The maximum atomic E-state index is 13.1. The molecule has 1 aromatic carbocycles. The lowest BCUT2D eigenvalue weighted by Gasteiger charge is -2.36. The lowest BCUT2D eigenvalue weighted by molar-refractivity contribution is 0.0747. The standard InChI is InChI=1S/C21H26N4O/c1-17-6-4-7-18(16-17)23-12-14-25(15-13-23)21(26)19-8-5-9-22-20(19)24-10-2-3-11-24/h4-9,16H,2-3,10-15H2,1H3. The SMILES string of the molecule is Cc1cccc(N2CCN(C(=O)c3cccnc3N3CCCC3)CC2)c1. The van der Waals surface area contributed by atoms with Crippen molar-refractivity contribution in [2.45, 2.75) is 19.8 Å². The number of rotatable bonds is 3. The van der Waals surface area contributed by atoms with Crippen LogP contribution < -0.4 is 9.80 Å². The molecule has 5 heteroatoms. The Kier molecular flexibility index (Phi) is 4.78. The summed E-state index contributed by atoms with van der Waals surface area (Å²) < 4.78 is 0. The van der Waals surface area contributed by atoms with Gasteiger partial charge in [-0.15, -0.1) is 0 Å². The first-order chi connectivity index (χ1) is 12.7. The van der Waals surface area contributed by atoms with Crippen molar-refractivity contribution in [1.29, 1.82) is 0 Å². The van der Waals surface area contributed by atoms with Gasteiger partial charge in [0.25, 0.3) is 5.91 Å². The summed E-state index contributed by atoms with van der Waals surface area (Å²) in [6.07, 6.45) is 4.15. The van der Waals surface area contributed by atoms with Crippen molar-refractivity contribution >= 4 is 17.4 Å². The van der Waals surface area contributed by atoms with Crippen LogP contribution in [0.4, 0.5) is 11.5 Å². The summed E-state index contributed by atoms with van der Waals surface area (Å²) in [7, 11) is 0. The molecule has 4 rings (SSSR count). The van der Waals surface area contributed by atoms with E-state index in [0.29, 0.717) is 0 Å². The smallest absolute Gasteiger partial charge is 0.257 e. The van der Waals surface area contributed by atoms with Crippen molar-refractivity contribution in [2.24, 2.45) is 0 Å². The van der Waals surface area contributed by atoms with E-state index in [1.807, 2.05) is 17.0 Å². The van der Waals surface area contributed by atoms with E-state index < -0.39 is 0 Å². The molecule has 2 fully saturated rings. The van der Waals surface area contributed by atoms with Crippen molar-refractivity contribution in [3.8, 4) is 0 Å². The van der Waals surface area contributed by atoms with Crippen LogP contribution in [0.5, 0.6) is 0 Å². The van der Waals surface area contributed by atoms with E-state index in [9.17, 15) is 4.79 Å². The predicted octanol–water partition coefficient (Wildman–Crippen LogP) is 2.95. The van der Waals surface area contributed by atoms with E-state index in [-0.39, 0.29) is 5.91 Å². The van der Waals surface area contributed by atoms with Crippen LogP contribution in [0.1, 0.15) is 28.8 Å². The normalized spacial score (nSPS) is 17.7. The second-order valence-corrected chi connectivity index (χ2v) is 7.19. The molecule has 0 aliphatic carbocycles. The molecule has 0 atom stereocenters. The molecule has 2 aromatic rings. The minimum atomic E-state index is 0.115. The number of pyridine rings is 1. The number of carbonyl (C=O) groups is 1. The third kappa shape index (κ3) is 3.39. The maximum Gasteiger partial charge on any atom is 0.257 e. The Balaban J connectivity index is 1.46. The highest BCUT2D eigenvalue weighted by Crippen LogP contribution is 2.24. The second-order valence-electron chi connectivity index (χ2n) is 7.19. The number of hydrogen-bond donors (Lipinski definition) is 0. The molecule has 3 heterocycles. The van der Waals surface area contributed by atoms with E-state index in [1.54, 1.807) is 6.20 Å². The van der Waals surface area contributed by atoms with Crippen LogP contribution >= 0.6 is 0 Å². The summed E-state index contributed by atoms with van der Waals surface area (Å²) >= 11 is 0. The van der Waals surface area contributed by atoms with Crippen LogP contribution in [0.25, 0.3) is 0 Å². The summed E-state index contributed by atoms with van der Waals surface area (Å²) in [5, 5.41) is 0. The van der Waals surface area contributed by atoms with Gasteiger partial charge in [-0.3, -0.25) is 4.79 Å². The Bertz CT molecular complexity index is 777. The molecule has 0 radical (unpaired) electrons. The minimum Gasteiger partial charge on any atom is -0.368 e. The fourth-order valence-corrected chi connectivity index (χ4v) is 3.91. The number of benzene rings is 1. The zero-order chi connectivity index (χ0) is 17.9. The molecular formula is C21H26N4O. The van der Waals surface area contributed by atoms with Gasteiger partial charge in [0.2, 0.25) is 0 Å². The topological polar surface area (TPSA) is 39.7 Å². The van der Waals surface area contributed by atoms with Gasteiger partial charge in [0, 0.05) is 51.2 Å². The molecule has 1 amide bonds. The molecule has 1 aromatic heterocycles. The molecule has 0 spiro atoms. The highest BCUT2D eigenvalue weighted by atomic mass is 16.2. The van der Waals surface area contributed by atoms with Crippen LogP contribution in [0.3, 0.4) is 0 Å². The molecule has 2 saturated heterocycles. The fraction of sp³-hybridized carbons (Fsp3) is 0.429. The summed E-state index contributed by atoms with van der Waals surface area (Å²) in [6.45, 7) is 7.35. The van der Waals surface area contributed by atoms with Gasteiger partial charge in [-0.1, -0.05) is 12.1 Å². The first-order valence-electron chi connectivity index (χ1n) is 9.53. The van der Waals surface area contributed by atoms with Gasteiger partial charge in [-0.25, -0.2) is 4.98 Å². The molecule has 0 unspecified atom stereocenters. The first kappa shape index (κ1) is 16.9. The van der Waals surface area contributed by atoms with Crippen LogP contribution in [0, 0.1) is 6.92 Å². The Labute approximate surface area is 155 Å². The van der Waals surface area contributed by atoms with Gasteiger partial charge in [-0.05, 0) is 49.6 Å². The molecule has 26 heavy (non-hydrogen) atoms.